The molecule has 1 heterocycles. The Labute approximate surface area is 152 Å². The van der Waals surface area contributed by atoms with Gasteiger partial charge in [0, 0.05) is 6.92 Å². The van der Waals surface area contributed by atoms with E-state index in [4.69, 9.17) is 14.2 Å². The lowest BCUT2D eigenvalue weighted by Gasteiger charge is -2.35. The molecule has 0 aliphatic carbocycles. The number of benzene rings is 1. The molecule has 0 spiro atoms. The number of hydrogen-bond acceptors (Lipinski definition) is 6. The first-order valence-electron chi connectivity index (χ1n) is 8.38. The molecule has 0 unspecified atom stereocenters. The lowest BCUT2D eigenvalue weighted by molar-refractivity contribution is -0.185. The van der Waals surface area contributed by atoms with Crippen LogP contribution in [0.5, 0.6) is 0 Å². The SMILES string of the molecule is CC(=O)N[C@H]1[C@@H](OCc2ccccc2)OC(C(=O)OC(C)(C)C)=C[C@@H]1O. The molecule has 2 rings (SSSR count). The van der Waals surface area contributed by atoms with Crippen molar-refractivity contribution in [3.63, 3.8) is 0 Å². The number of ether oxygens (including phenoxy) is 3. The summed E-state index contributed by atoms with van der Waals surface area (Å²) in [5.74, 6) is -1.20. The molecule has 142 valence electrons. The van der Waals surface area contributed by atoms with Crippen molar-refractivity contribution in [2.24, 2.45) is 0 Å². The van der Waals surface area contributed by atoms with Gasteiger partial charge < -0.3 is 24.6 Å². The number of amides is 1. The molecule has 7 nitrogen and oxygen atoms in total. The Kier molecular flexibility index (Phi) is 6.39. The molecule has 1 aliphatic rings. The average Bonchev–Trinajstić information content (AvgIpc) is 2.54. The molecular formula is C19H25NO6. The van der Waals surface area contributed by atoms with Crippen molar-refractivity contribution in [1.82, 2.24) is 5.32 Å². The monoisotopic (exact) mass is 363 g/mol. The number of carbonyl (C=O) groups excluding carboxylic acids is 2. The summed E-state index contributed by atoms with van der Waals surface area (Å²) < 4.78 is 16.6. The van der Waals surface area contributed by atoms with Gasteiger partial charge in [-0.15, -0.1) is 0 Å². The highest BCUT2D eigenvalue weighted by molar-refractivity contribution is 5.87. The molecule has 7 heteroatoms. The highest BCUT2D eigenvalue weighted by Gasteiger charge is 2.38. The molecule has 0 aromatic heterocycles. The Bertz CT molecular complexity index is 664. The molecule has 0 saturated carbocycles. The highest BCUT2D eigenvalue weighted by atomic mass is 16.7. The van der Waals surface area contributed by atoms with Crippen LogP contribution < -0.4 is 5.32 Å². The summed E-state index contributed by atoms with van der Waals surface area (Å²) in [6, 6.07) is 8.52. The van der Waals surface area contributed by atoms with Gasteiger partial charge in [-0.1, -0.05) is 30.3 Å². The summed E-state index contributed by atoms with van der Waals surface area (Å²) in [6.07, 6.45) is -0.977. The van der Waals surface area contributed by atoms with Crippen LogP contribution in [-0.2, 0) is 30.4 Å². The van der Waals surface area contributed by atoms with Crippen molar-refractivity contribution in [3.05, 3.63) is 47.7 Å². The number of hydrogen-bond donors (Lipinski definition) is 2. The largest absolute Gasteiger partial charge is 0.455 e. The van der Waals surface area contributed by atoms with Crippen LogP contribution in [-0.4, -0.2) is 41.0 Å². The third-order valence-corrected chi connectivity index (χ3v) is 3.45. The van der Waals surface area contributed by atoms with Crippen molar-refractivity contribution < 1.29 is 28.9 Å². The van der Waals surface area contributed by atoms with E-state index >= 15 is 0 Å². The van der Waals surface area contributed by atoms with E-state index < -0.39 is 30.0 Å². The van der Waals surface area contributed by atoms with Crippen LogP contribution in [0.3, 0.4) is 0 Å². The van der Waals surface area contributed by atoms with Crippen molar-refractivity contribution in [2.75, 3.05) is 0 Å². The van der Waals surface area contributed by atoms with Crippen LogP contribution in [0.25, 0.3) is 0 Å². The number of esters is 1. The van der Waals surface area contributed by atoms with Gasteiger partial charge in [-0.2, -0.15) is 0 Å². The molecule has 26 heavy (non-hydrogen) atoms. The fraction of sp³-hybridized carbons (Fsp3) is 0.474. The van der Waals surface area contributed by atoms with Crippen molar-refractivity contribution >= 4 is 11.9 Å². The summed E-state index contributed by atoms with van der Waals surface area (Å²) in [5.41, 5.74) is 0.182. The first kappa shape index (κ1) is 19.9. The fourth-order valence-electron chi connectivity index (χ4n) is 2.38. The summed E-state index contributed by atoms with van der Waals surface area (Å²) in [4.78, 5) is 23.7. The molecule has 2 N–H and O–H groups in total. The van der Waals surface area contributed by atoms with Gasteiger partial charge in [0.15, 0.2) is 0 Å². The van der Waals surface area contributed by atoms with E-state index in [1.165, 1.54) is 13.0 Å². The highest BCUT2D eigenvalue weighted by Crippen LogP contribution is 2.23. The van der Waals surface area contributed by atoms with Gasteiger partial charge in [0.1, 0.15) is 17.7 Å². The molecule has 0 saturated heterocycles. The third kappa shape index (κ3) is 5.86. The smallest absolute Gasteiger partial charge is 0.374 e. The second kappa shape index (κ2) is 8.33. The van der Waals surface area contributed by atoms with Crippen LogP contribution >= 0.6 is 0 Å². The van der Waals surface area contributed by atoms with Gasteiger partial charge in [-0.05, 0) is 32.4 Å². The lowest BCUT2D eigenvalue weighted by Crippen LogP contribution is -2.54. The summed E-state index contributed by atoms with van der Waals surface area (Å²) in [5, 5.41) is 12.9. The second-order valence-corrected chi connectivity index (χ2v) is 7.03. The standard InChI is InChI=1S/C19H25NO6/c1-12(21)20-16-14(22)10-15(17(23)26-19(2,3)4)25-18(16)24-11-13-8-6-5-7-9-13/h5-10,14,16,18,22H,11H2,1-4H3,(H,20,21)/t14-,16+,18-/m0/s1. The Morgan fingerprint density at radius 2 is 1.88 bits per heavy atom. The van der Waals surface area contributed by atoms with Crippen LogP contribution in [0.1, 0.15) is 33.3 Å². The Morgan fingerprint density at radius 3 is 2.46 bits per heavy atom. The number of aliphatic hydroxyl groups excluding tert-OH is 1. The molecule has 1 aromatic carbocycles. The van der Waals surface area contributed by atoms with E-state index in [0.717, 1.165) is 5.56 Å². The second-order valence-electron chi connectivity index (χ2n) is 7.03. The van der Waals surface area contributed by atoms with E-state index in [2.05, 4.69) is 5.32 Å². The molecule has 1 aromatic rings. The van der Waals surface area contributed by atoms with Crippen molar-refractivity contribution in [3.8, 4) is 0 Å². The first-order chi connectivity index (χ1) is 12.2. The predicted octanol–water partition coefficient (Wildman–Crippen LogP) is 1.65. The van der Waals surface area contributed by atoms with Crippen LogP contribution in [0.2, 0.25) is 0 Å². The minimum Gasteiger partial charge on any atom is -0.455 e. The fourth-order valence-corrected chi connectivity index (χ4v) is 2.38. The molecular weight excluding hydrogens is 338 g/mol. The molecule has 0 fully saturated rings. The Hall–Kier alpha value is -2.38. The van der Waals surface area contributed by atoms with Gasteiger partial charge in [-0.3, -0.25) is 4.79 Å². The van der Waals surface area contributed by atoms with E-state index in [1.807, 2.05) is 30.3 Å². The molecule has 0 radical (unpaired) electrons. The maximum absolute atomic E-state index is 12.2. The zero-order valence-electron chi connectivity index (χ0n) is 15.4. The van der Waals surface area contributed by atoms with Gasteiger partial charge in [0.25, 0.3) is 0 Å². The topological polar surface area (TPSA) is 94.1 Å². The molecule has 3 atom stereocenters. The van der Waals surface area contributed by atoms with Gasteiger partial charge in [0.05, 0.1) is 6.61 Å². The van der Waals surface area contributed by atoms with Crippen LogP contribution in [0.15, 0.2) is 42.2 Å². The minimum absolute atomic E-state index is 0.146. The number of rotatable bonds is 5. The maximum atomic E-state index is 12.2. The predicted molar refractivity (Wildman–Crippen MR) is 93.6 cm³/mol. The van der Waals surface area contributed by atoms with Crippen LogP contribution in [0.4, 0.5) is 0 Å². The molecule has 1 aliphatic heterocycles. The van der Waals surface area contributed by atoms with Crippen molar-refractivity contribution in [1.29, 1.82) is 0 Å². The summed E-state index contributed by atoms with van der Waals surface area (Å²) in [7, 11) is 0. The Balaban J connectivity index is 2.14. The van der Waals surface area contributed by atoms with Crippen molar-refractivity contribution in [2.45, 2.75) is 58.3 Å². The third-order valence-electron chi connectivity index (χ3n) is 3.45. The zero-order valence-corrected chi connectivity index (χ0v) is 15.4. The van der Waals surface area contributed by atoms with Crippen LogP contribution in [0, 0.1) is 0 Å². The number of carbonyl (C=O) groups is 2. The summed E-state index contributed by atoms with van der Waals surface area (Å²) in [6.45, 7) is 6.71. The summed E-state index contributed by atoms with van der Waals surface area (Å²) >= 11 is 0. The zero-order chi connectivity index (χ0) is 19.3. The van der Waals surface area contributed by atoms with E-state index in [-0.39, 0.29) is 18.3 Å². The van der Waals surface area contributed by atoms with Gasteiger partial charge in [-0.25, -0.2) is 4.79 Å². The van der Waals surface area contributed by atoms with E-state index in [9.17, 15) is 14.7 Å². The number of aliphatic hydroxyl groups is 1. The average molecular weight is 363 g/mol. The van der Waals surface area contributed by atoms with Gasteiger partial charge >= 0.3 is 5.97 Å². The normalized spacial score (nSPS) is 22.8. The maximum Gasteiger partial charge on any atom is 0.374 e. The van der Waals surface area contributed by atoms with E-state index in [1.54, 1.807) is 20.8 Å². The first-order valence-corrected chi connectivity index (χ1v) is 8.38. The van der Waals surface area contributed by atoms with Gasteiger partial charge in [0.2, 0.25) is 18.0 Å². The molecule has 0 bridgehead atoms. The van der Waals surface area contributed by atoms with E-state index in [0.29, 0.717) is 0 Å². The Morgan fingerprint density at radius 1 is 1.23 bits per heavy atom. The molecule has 1 amide bonds. The number of nitrogens with one attached hydrogen (secondary N) is 1. The minimum atomic E-state index is -1.16. The lowest BCUT2D eigenvalue weighted by atomic mass is 10.1. The quantitative estimate of drug-likeness (QED) is 0.773.